The maximum atomic E-state index is 12.3. The van der Waals surface area contributed by atoms with Crippen LogP contribution in [0, 0.1) is 12.8 Å². The first-order valence-corrected chi connectivity index (χ1v) is 12.1. The third-order valence-corrected chi connectivity index (χ3v) is 6.46. The van der Waals surface area contributed by atoms with Gasteiger partial charge in [0.25, 0.3) is 5.91 Å². The number of rotatable bonds is 9. The van der Waals surface area contributed by atoms with Crippen LogP contribution in [-0.2, 0) is 14.8 Å². The highest BCUT2D eigenvalue weighted by Gasteiger charge is 2.14. The first kappa shape index (κ1) is 22.9. The van der Waals surface area contributed by atoms with Crippen LogP contribution >= 0.6 is 11.3 Å². The van der Waals surface area contributed by atoms with E-state index in [0.717, 1.165) is 16.3 Å². The zero-order chi connectivity index (χ0) is 22.4. The molecule has 2 aromatic carbocycles. The summed E-state index contributed by atoms with van der Waals surface area (Å²) < 4.78 is 32.5. The Morgan fingerprint density at radius 2 is 1.90 bits per heavy atom. The Kier molecular flexibility index (Phi) is 7.42. The van der Waals surface area contributed by atoms with Crippen molar-refractivity contribution in [1.29, 1.82) is 0 Å². The average Bonchev–Trinajstić information content (AvgIpc) is 3.18. The normalized spacial score (nSPS) is 11.5. The van der Waals surface area contributed by atoms with Crippen LogP contribution in [0.15, 0.2) is 58.8 Å². The second kappa shape index (κ2) is 10.0. The number of hydrogen-bond acceptors (Lipinski definition) is 6. The second-order valence-electron chi connectivity index (χ2n) is 7.39. The fourth-order valence-electron chi connectivity index (χ4n) is 2.67. The number of carbonyl (C=O) groups is 1. The summed E-state index contributed by atoms with van der Waals surface area (Å²) in [4.78, 5) is 16.9. The van der Waals surface area contributed by atoms with Gasteiger partial charge in [-0.1, -0.05) is 26.0 Å². The monoisotopic (exact) mass is 459 g/mol. The molecule has 0 saturated carbocycles. The molecule has 0 spiro atoms. The predicted molar refractivity (Wildman–Crippen MR) is 123 cm³/mol. The van der Waals surface area contributed by atoms with Crippen molar-refractivity contribution in [2.24, 2.45) is 5.92 Å². The zero-order valence-electron chi connectivity index (χ0n) is 17.6. The highest BCUT2D eigenvalue weighted by molar-refractivity contribution is 7.89. The maximum Gasteiger partial charge on any atom is 0.262 e. The number of aryl methyl sites for hydroxylation is 1. The van der Waals surface area contributed by atoms with E-state index < -0.39 is 10.0 Å². The molecule has 0 bridgehead atoms. The number of anilines is 1. The summed E-state index contributed by atoms with van der Waals surface area (Å²) in [7, 11) is -3.56. The molecular weight excluding hydrogens is 434 g/mol. The van der Waals surface area contributed by atoms with Crippen LogP contribution in [0.5, 0.6) is 5.75 Å². The van der Waals surface area contributed by atoms with E-state index in [0.29, 0.717) is 18.0 Å². The van der Waals surface area contributed by atoms with Crippen molar-refractivity contribution in [2.75, 3.05) is 18.5 Å². The van der Waals surface area contributed by atoms with E-state index in [2.05, 4.69) is 15.0 Å². The lowest BCUT2D eigenvalue weighted by molar-refractivity contribution is -0.118. The first-order chi connectivity index (χ1) is 14.7. The molecule has 9 heteroatoms. The summed E-state index contributed by atoms with van der Waals surface area (Å²) in [6.07, 6.45) is 0. The molecule has 0 aliphatic carbocycles. The van der Waals surface area contributed by atoms with Crippen molar-refractivity contribution in [3.63, 3.8) is 0 Å². The summed E-state index contributed by atoms with van der Waals surface area (Å²) in [6, 6.07) is 13.4. The van der Waals surface area contributed by atoms with Crippen LogP contribution in [0.25, 0.3) is 11.3 Å². The van der Waals surface area contributed by atoms with Crippen LogP contribution in [0.3, 0.4) is 0 Å². The molecule has 1 heterocycles. The van der Waals surface area contributed by atoms with Crippen molar-refractivity contribution in [2.45, 2.75) is 25.7 Å². The predicted octanol–water partition coefficient (Wildman–Crippen LogP) is 4.07. The van der Waals surface area contributed by atoms with Crippen LogP contribution in [0.2, 0.25) is 0 Å². The van der Waals surface area contributed by atoms with Gasteiger partial charge in [-0.15, -0.1) is 11.3 Å². The minimum absolute atomic E-state index is 0.152. The first-order valence-electron chi connectivity index (χ1n) is 9.78. The lowest BCUT2D eigenvalue weighted by Crippen LogP contribution is -2.27. The molecule has 0 radical (unpaired) electrons. The molecule has 1 amide bonds. The maximum absolute atomic E-state index is 12.3. The van der Waals surface area contributed by atoms with Gasteiger partial charge in [0.1, 0.15) is 5.75 Å². The van der Waals surface area contributed by atoms with Gasteiger partial charge in [0.05, 0.1) is 15.6 Å². The van der Waals surface area contributed by atoms with Crippen molar-refractivity contribution in [1.82, 2.24) is 9.71 Å². The van der Waals surface area contributed by atoms with Crippen LogP contribution in [0.4, 0.5) is 5.69 Å². The molecule has 164 valence electrons. The molecular formula is C22H25N3O4S2. The van der Waals surface area contributed by atoms with Gasteiger partial charge in [-0.05, 0) is 49.2 Å². The summed E-state index contributed by atoms with van der Waals surface area (Å²) in [5, 5.41) is 5.75. The van der Waals surface area contributed by atoms with E-state index in [1.54, 1.807) is 17.4 Å². The number of sulfonamides is 1. The van der Waals surface area contributed by atoms with E-state index in [9.17, 15) is 13.2 Å². The van der Waals surface area contributed by atoms with Crippen LogP contribution < -0.4 is 14.8 Å². The minimum Gasteiger partial charge on any atom is -0.484 e. The SMILES string of the molecule is Cc1nc(-c2cccc(NC(=O)COc3ccc(S(=O)(=O)NCC(C)C)cc3)c2)cs1. The molecule has 7 nitrogen and oxygen atoms in total. The highest BCUT2D eigenvalue weighted by Crippen LogP contribution is 2.24. The quantitative estimate of drug-likeness (QED) is 0.503. The van der Waals surface area contributed by atoms with Gasteiger partial charge in [0.2, 0.25) is 10.0 Å². The molecule has 31 heavy (non-hydrogen) atoms. The van der Waals surface area contributed by atoms with E-state index >= 15 is 0 Å². The lowest BCUT2D eigenvalue weighted by Gasteiger charge is -2.10. The van der Waals surface area contributed by atoms with Gasteiger partial charge in [0.15, 0.2) is 6.61 Å². The van der Waals surface area contributed by atoms with Crippen LogP contribution in [0.1, 0.15) is 18.9 Å². The van der Waals surface area contributed by atoms with E-state index in [1.165, 1.54) is 24.3 Å². The summed E-state index contributed by atoms with van der Waals surface area (Å²) in [5.41, 5.74) is 2.44. The minimum atomic E-state index is -3.56. The van der Waals surface area contributed by atoms with Gasteiger partial charge < -0.3 is 10.1 Å². The van der Waals surface area contributed by atoms with E-state index in [-0.39, 0.29) is 23.3 Å². The number of benzene rings is 2. The van der Waals surface area contributed by atoms with E-state index in [4.69, 9.17) is 4.74 Å². The summed E-state index contributed by atoms with van der Waals surface area (Å²) in [6.45, 7) is 5.98. The molecule has 2 N–H and O–H groups in total. The number of nitrogens with one attached hydrogen (secondary N) is 2. The lowest BCUT2D eigenvalue weighted by atomic mass is 10.1. The Morgan fingerprint density at radius 1 is 1.16 bits per heavy atom. The Balaban J connectivity index is 1.55. The molecule has 3 rings (SSSR count). The van der Waals surface area contributed by atoms with Crippen molar-refractivity contribution in [3.8, 4) is 17.0 Å². The third-order valence-electron chi connectivity index (χ3n) is 4.25. The number of ether oxygens (including phenoxy) is 1. The molecule has 3 aromatic rings. The van der Waals surface area contributed by atoms with Gasteiger partial charge in [0, 0.05) is 23.2 Å². The second-order valence-corrected chi connectivity index (χ2v) is 10.2. The van der Waals surface area contributed by atoms with Gasteiger partial charge in [-0.2, -0.15) is 0 Å². The standard InChI is InChI=1S/C22H25N3O4S2/c1-15(2)12-23-31(27,28)20-9-7-19(8-10-20)29-13-22(26)25-18-6-4-5-17(11-18)21-14-30-16(3)24-21/h4-11,14-15,23H,12-13H2,1-3H3,(H,25,26). The summed E-state index contributed by atoms with van der Waals surface area (Å²) in [5.74, 6) is 0.300. The smallest absolute Gasteiger partial charge is 0.262 e. The number of nitrogens with zero attached hydrogens (tertiary/aromatic N) is 1. The molecule has 0 aliphatic heterocycles. The number of hydrogen-bond donors (Lipinski definition) is 2. The Hall–Kier alpha value is -2.75. The Morgan fingerprint density at radius 3 is 2.55 bits per heavy atom. The highest BCUT2D eigenvalue weighted by atomic mass is 32.2. The number of amides is 1. The molecule has 1 aromatic heterocycles. The third kappa shape index (κ3) is 6.61. The van der Waals surface area contributed by atoms with Gasteiger partial charge in [-0.3, -0.25) is 4.79 Å². The topological polar surface area (TPSA) is 97.4 Å². The Bertz CT molecular complexity index is 1140. The molecule has 0 atom stereocenters. The van der Waals surface area contributed by atoms with Gasteiger partial charge in [-0.25, -0.2) is 18.1 Å². The van der Waals surface area contributed by atoms with Crippen molar-refractivity contribution < 1.29 is 17.9 Å². The fourth-order valence-corrected chi connectivity index (χ4v) is 4.51. The number of carbonyl (C=O) groups excluding carboxylic acids is 1. The number of aromatic nitrogens is 1. The molecule has 0 fully saturated rings. The molecule has 0 saturated heterocycles. The Labute approximate surface area is 186 Å². The van der Waals surface area contributed by atoms with Crippen molar-refractivity contribution >= 4 is 33.0 Å². The number of thiazole rings is 1. The molecule has 0 aliphatic rings. The van der Waals surface area contributed by atoms with Crippen molar-refractivity contribution in [3.05, 3.63) is 58.9 Å². The summed E-state index contributed by atoms with van der Waals surface area (Å²) >= 11 is 1.57. The largest absolute Gasteiger partial charge is 0.484 e. The van der Waals surface area contributed by atoms with Crippen LogP contribution in [-0.4, -0.2) is 32.5 Å². The molecule has 0 unspecified atom stereocenters. The van der Waals surface area contributed by atoms with Gasteiger partial charge >= 0.3 is 0 Å². The fraction of sp³-hybridized carbons (Fsp3) is 0.273. The van der Waals surface area contributed by atoms with E-state index in [1.807, 2.05) is 44.4 Å². The zero-order valence-corrected chi connectivity index (χ0v) is 19.2. The average molecular weight is 460 g/mol.